The molecule has 0 heterocycles. The molecule has 1 nitrogen and oxygen atoms in total. The molecule has 0 aliphatic heterocycles. The van der Waals surface area contributed by atoms with Gasteiger partial charge in [0.05, 0.1) is 0 Å². The van der Waals surface area contributed by atoms with E-state index in [4.69, 9.17) is 11.6 Å². The SMILES string of the molecule is Cc1cc(C(=O)C2CC2c2ccc(Cl)cc2)ccc1F. The molecule has 1 aliphatic rings. The van der Waals surface area contributed by atoms with Crippen molar-refractivity contribution in [2.45, 2.75) is 19.3 Å². The Morgan fingerprint density at radius 2 is 1.90 bits per heavy atom. The van der Waals surface area contributed by atoms with E-state index in [1.807, 2.05) is 24.3 Å². The third-order valence-electron chi connectivity index (χ3n) is 3.87. The second-order valence-electron chi connectivity index (χ2n) is 5.33. The van der Waals surface area contributed by atoms with Crippen molar-refractivity contribution in [3.63, 3.8) is 0 Å². The molecule has 3 rings (SSSR count). The summed E-state index contributed by atoms with van der Waals surface area (Å²) in [6.45, 7) is 1.68. The zero-order chi connectivity index (χ0) is 14.3. The lowest BCUT2D eigenvalue weighted by Gasteiger charge is -2.03. The van der Waals surface area contributed by atoms with Gasteiger partial charge in [0.25, 0.3) is 0 Å². The number of hydrogen-bond donors (Lipinski definition) is 0. The van der Waals surface area contributed by atoms with Crippen molar-refractivity contribution < 1.29 is 9.18 Å². The van der Waals surface area contributed by atoms with Crippen molar-refractivity contribution >= 4 is 17.4 Å². The summed E-state index contributed by atoms with van der Waals surface area (Å²) >= 11 is 5.86. The Morgan fingerprint density at radius 3 is 2.55 bits per heavy atom. The first-order valence-corrected chi connectivity index (χ1v) is 7.00. The van der Waals surface area contributed by atoms with E-state index in [0.29, 0.717) is 16.1 Å². The van der Waals surface area contributed by atoms with Gasteiger partial charge in [-0.3, -0.25) is 4.79 Å². The number of rotatable bonds is 3. The lowest BCUT2D eigenvalue weighted by molar-refractivity contribution is 0.0965. The molecule has 102 valence electrons. The molecule has 0 bridgehead atoms. The van der Waals surface area contributed by atoms with Gasteiger partial charge in [0.1, 0.15) is 5.82 Å². The molecule has 0 N–H and O–H groups in total. The number of aryl methyl sites for hydroxylation is 1. The summed E-state index contributed by atoms with van der Waals surface area (Å²) in [5.74, 6) is 0.116. The highest BCUT2D eigenvalue weighted by Gasteiger charge is 2.43. The first-order chi connectivity index (χ1) is 9.56. The molecule has 2 unspecified atom stereocenters. The van der Waals surface area contributed by atoms with Crippen LogP contribution in [0.2, 0.25) is 5.02 Å². The second kappa shape index (κ2) is 5.02. The number of benzene rings is 2. The fraction of sp³-hybridized carbons (Fsp3) is 0.235. The van der Waals surface area contributed by atoms with Crippen LogP contribution in [-0.2, 0) is 0 Å². The zero-order valence-corrected chi connectivity index (χ0v) is 11.8. The van der Waals surface area contributed by atoms with E-state index in [1.165, 1.54) is 6.07 Å². The van der Waals surface area contributed by atoms with Crippen molar-refractivity contribution in [3.8, 4) is 0 Å². The van der Waals surface area contributed by atoms with Crippen molar-refractivity contribution in [2.24, 2.45) is 5.92 Å². The zero-order valence-electron chi connectivity index (χ0n) is 11.1. The van der Waals surface area contributed by atoms with Gasteiger partial charge < -0.3 is 0 Å². The first-order valence-electron chi connectivity index (χ1n) is 6.62. The van der Waals surface area contributed by atoms with Gasteiger partial charge in [-0.05, 0) is 60.7 Å². The molecule has 0 amide bonds. The van der Waals surface area contributed by atoms with E-state index in [2.05, 4.69) is 0 Å². The highest BCUT2D eigenvalue weighted by molar-refractivity contribution is 6.30. The molecule has 2 atom stereocenters. The normalized spacial score (nSPS) is 20.8. The number of hydrogen-bond acceptors (Lipinski definition) is 1. The molecule has 3 heteroatoms. The standard InChI is InChI=1S/C17H14ClFO/c1-10-8-12(4-7-16(10)19)17(20)15-9-14(15)11-2-5-13(18)6-3-11/h2-8,14-15H,9H2,1H3. The van der Waals surface area contributed by atoms with E-state index in [1.54, 1.807) is 19.1 Å². The molecule has 2 aromatic carbocycles. The summed E-state index contributed by atoms with van der Waals surface area (Å²) in [5, 5.41) is 0.700. The smallest absolute Gasteiger partial charge is 0.166 e. The van der Waals surface area contributed by atoms with Gasteiger partial charge in [0.15, 0.2) is 5.78 Å². The van der Waals surface area contributed by atoms with E-state index in [-0.39, 0.29) is 23.4 Å². The number of halogens is 2. The van der Waals surface area contributed by atoms with Gasteiger partial charge in [-0.2, -0.15) is 0 Å². The van der Waals surface area contributed by atoms with Crippen LogP contribution in [0.1, 0.15) is 33.8 Å². The minimum Gasteiger partial charge on any atom is -0.294 e. The van der Waals surface area contributed by atoms with Gasteiger partial charge >= 0.3 is 0 Å². The Hall–Kier alpha value is -1.67. The van der Waals surface area contributed by atoms with Crippen LogP contribution in [0.25, 0.3) is 0 Å². The van der Waals surface area contributed by atoms with Gasteiger partial charge in [0.2, 0.25) is 0 Å². The van der Waals surface area contributed by atoms with E-state index >= 15 is 0 Å². The molecule has 1 saturated carbocycles. The molecule has 1 aliphatic carbocycles. The van der Waals surface area contributed by atoms with Gasteiger partial charge in [-0.25, -0.2) is 4.39 Å². The summed E-state index contributed by atoms with van der Waals surface area (Å²) in [7, 11) is 0. The van der Waals surface area contributed by atoms with Crippen molar-refractivity contribution in [1.29, 1.82) is 0 Å². The molecular weight excluding hydrogens is 275 g/mol. The Bertz CT molecular complexity index is 663. The predicted molar refractivity (Wildman–Crippen MR) is 77.8 cm³/mol. The Morgan fingerprint density at radius 1 is 1.20 bits per heavy atom. The maximum Gasteiger partial charge on any atom is 0.166 e. The first kappa shape index (κ1) is 13.3. The van der Waals surface area contributed by atoms with Crippen LogP contribution < -0.4 is 0 Å². The third kappa shape index (κ3) is 2.48. The predicted octanol–water partition coefficient (Wildman–Crippen LogP) is 4.77. The van der Waals surface area contributed by atoms with E-state index < -0.39 is 0 Å². The average molecular weight is 289 g/mol. The highest BCUT2D eigenvalue weighted by atomic mass is 35.5. The minimum atomic E-state index is -0.272. The van der Waals surface area contributed by atoms with Crippen LogP contribution in [0, 0.1) is 18.7 Å². The van der Waals surface area contributed by atoms with Crippen molar-refractivity contribution in [2.75, 3.05) is 0 Å². The highest BCUT2D eigenvalue weighted by Crippen LogP contribution is 2.49. The topological polar surface area (TPSA) is 17.1 Å². The fourth-order valence-electron chi connectivity index (χ4n) is 2.58. The van der Waals surface area contributed by atoms with Crippen LogP contribution in [-0.4, -0.2) is 5.78 Å². The summed E-state index contributed by atoms with van der Waals surface area (Å²) < 4.78 is 13.2. The molecule has 0 aromatic heterocycles. The molecule has 1 fully saturated rings. The van der Waals surface area contributed by atoms with Crippen LogP contribution in [0.5, 0.6) is 0 Å². The summed E-state index contributed by atoms with van der Waals surface area (Å²) in [6, 6.07) is 12.2. The number of carbonyl (C=O) groups is 1. The van der Waals surface area contributed by atoms with Crippen LogP contribution in [0.15, 0.2) is 42.5 Å². The largest absolute Gasteiger partial charge is 0.294 e. The second-order valence-corrected chi connectivity index (χ2v) is 5.76. The van der Waals surface area contributed by atoms with Crippen LogP contribution in [0.4, 0.5) is 4.39 Å². The Labute approximate surface area is 122 Å². The molecule has 20 heavy (non-hydrogen) atoms. The quantitative estimate of drug-likeness (QED) is 0.743. The summed E-state index contributed by atoms with van der Waals surface area (Å²) in [4.78, 5) is 12.4. The van der Waals surface area contributed by atoms with Crippen molar-refractivity contribution in [3.05, 3.63) is 70.0 Å². The number of Topliss-reactive ketones (excluding diaryl/α,β-unsaturated/α-hetero) is 1. The number of carbonyl (C=O) groups excluding carboxylic acids is 1. The van der Waals surface area contributed by atoms with E-state index in [9.17, 15) is 9.18 Å². The van der Waals surface area contributed by atoms with Crippen LogP contribution in [0.3, 0.4) is 0 Å². The third-order valence-corrected chi connectivity index (χ3v) is 4.12. The van der Waals surface area contributed by atoms with Crippen molar-refractivity contribution in [1.82, 2.24) is 0 Å². The molecule has 0 spiro atoms. The fourth-order valence-corrected chi connectivity index (χ4v) is 2.70. The lowest BCUT2D eigenvalue weighted by atomic mass is 10.0. The van der Waals surface area contributed by atoms with Gasteiger partial charge in [-0.15, -0.1) is 0 Å². The lowest BCUT2D eigenvalue weighted by Crippen LogP contribution is -2.04. The summed E-state index contributed by atoms with van der Waals surface area (Å²) in [5.41, 5.74) is 2.26. The van der Waals surface area contributed by atoms with E-state index in [0.717, 1.165) is 12.0 Å². The monoisotopic (exact) mass is 288 g/mol. The molecule has 2 aromatic rings. The maximum absolute atomic E-state index is 13.2. The Balaban J connectivity index is 1.77. The number of ketones is 1. The average Bonchev–Trinajstić information content (AvgIpc) is 3.22. The molecule has 0 saturated heterocycles. The molecule has 0 radical (unpaired) electrons. The Kier molecular flexibility index (Phi) is 3.35. The summed E-state index contributed by atoms with van der Waals surface area (Å²) in [6.07, 6.45) is 0.858. The molecular formula is C17H14ClFO. The minimum absolute atomic E-state index is 0.0148. The maximum atomic E-state index is 13.2. The van der Waals surface area contributed by atoms with Gasteiger partial charge in [-0.1, -0.05) is 23.7 Å². The van der Waals surface area contributed by atoms with Crippen LogP contribution >= 0.6 is 11.6 Å². The van der Waals surface area contributed by atoms with Gasteiger partial charge in [0, 0.05) is 16.5 Å².